The van der Waals surface area contributed by atoms with Gasteiger partial charge in [-0.3, -0.25) is 0 Å². The maximum absolute atomic E-state index is 12.7. The van der Waals surface area contributed by atoms with E-state index < -0.39 is 10.2 Å². The van der Waals surface area contributed by atoms with Crippen LogP contribution in [-0.2, 0) is 14.9 Å². The van der Waals surface area contributed by atoms with E-state index in [0.29, 0.717) is 46.0 Å². The minimum Gasteiger partial charge on any atom is -0.493 e. The van der Waals surface area contributed by atoms with Gasteiger partial charge in [0.2, 0.25) is 6.79 Å². The molecule has 0 aliphatic carbocycles. The van der Waals surface area contributed by atoms with E-state index in [9.17, 15) is 8.42 Å². The Labute approximate surface area is 165 Å². The first-order chi connectivity index (χ1) is 13.6. The van der Waals surface area contributed by atoms with Gasteiger partial charge < -0.3 is 23.8 Å². The topological polar surface area (TPSA) is 80.8 Å². The Bertz CT molecular complexity index is 761. The van der Waals surface area contributed by atoms with Crippen molar-refractivity contribution >= 4 is 10.2 Å². The van der Waals surface area contributed by atoms with Crippen LogP contribution < -0.4 is 14.2 Å². The molecule has 0 N–H and O–H groups in total. The molecule has 0 unspecified atom stereocenters. The normalized spacial score (nSPS) is 21.7. The van der Waals surface area contributed by atoms with Gasteiger partial charge in [0.05, 0.1) is 19.8 Å². The van der Waals surface area contributed by atoms with E-state index in [1.165, 1.54) is 4.31 Å². The van der Waals surface area contributed by atoms with Crippen LogP contribution in [0.25, 0.3) is 0 Å². The minimum atomic E-state index is -3.36. The van der Waals surface area contributed by atoms with E-state index in [-0.39, 0.29) is 6.79 Å². The van der Waals surface area contributed by atoms with Crippen LogP contribution in [0.15, 0.2) is 18.2 Å². The number of fused-ring (bicyclic) bond motifs is 1. The Morgan fingerprint density at radius 2 is 1.64 bits per heavy atom. The molecule has 0 spiro atoms. The Kier molecular flexibility index (Phi) is 6.22. The van der Waals surface area contributed by atoms with E-state index in [1.807, 2.05) is 18.2 Å². The fourth-order valence-corrected chi connectivity index (χ4v) is 5.13. The van der Waals surface area contributed by atoms with Crippen molar-refractivity contribution in [1.29, 1.82) is 0 Å². The Morgan fingerprint density at radius 1 is 0.929 bits per heavy atom. The third kappa shape index (κ3) is 4.52. The summed E-state index contributed by atoms with van der Waals surface area (Å²) >= 11 is 0. The lowest BCUT2D eigenvalue weighted by Gasteiger charge is -2.37. The number of hydrogen-bond acceptors (Lipinski definition) is 7. The third-order valence-electron chi connectivity index (χ3n) is 5.19. The van der Waals surface area contributed by atoms with Crippen LogP contribution >= 0.6 is 0 Å². The second-order valence-corrected chi connectivity index (χ2v) is 8.91. The van der Waals surface area contributed by atoms with Crippen molar-refractivity contribution in [2.24, 2.45) is 0 Å². The molecule has 3 aliphatic rings. The van der Waals surface area contributed by atoms with Gasteiger partial charge >= 0.3 is 0 Å². The summed E-state index contributed by atoms with van der Waals surface area (Å²) in [6.45, 7) is 6.13. The molecule has 3 heterocycles. The Hall–Kier alpha value is -1.59. The van der Waals surface area contributed by atoms with Gasteiger partial charge in [-0.1, -0.05) is 0 Å². The molecule has 0 atom stereocenters. The summed E-state index contributed by atoms with van der Waals surface area (Å²) in [5.41, 5.74) is 0. The number of nitrogens with zero attached hydrogens (tertiary/aromatic N) is 3. The molecule has 28 heavy (non-hydrogen) atoms. The Morgan fingerprint density at radius 3 is 2.43 bits per heavy atom. The molecule has 0 radical (unpaired) electrons. The van der Waals surface area contributed by atoms with E-state index in [0.717, 1.165) is 43.3 Å². The van der Waals surface area contributed by atoms with E-state index in [4.69, 9.17) is 18.9 Å². The lowest BCUT2D eigenvalue weighted by molar-refractivity contribution is 0.0684. The molecule has 1 aromatic carbocycles. The standard InChI is InChI=1S/C18H27N3O6S/c22-28(23,21-9-12-24-13-10-21)20-7-5-19(6-8-20)4-1-11-25-16-2-3-17-18(14-16)27-15-26-17/h2-3,14H,1,4-13,15H2. The molecule has 2 saturated heterocycles. The summed E-state index contributed by atoms with van der Waals surface area (Å²) in [5.74, 6) is 2.23. The van der Waals surface area contributed by atoms with Crippen molar-refractivity contribution < 1.29 is 27.4 Å². The van der Waals surface area contributed by atoms with Gasteiger partial charge in [-0.05, 0) is 18.6 Å². The van der Waals surface area contributed by atoms with Crippen molar-refractivity contribution in [3.63, 3.8) is 0 Å². The van der Waals surface area contributed by atoms with Crippen molar-refractivity contribution in [2.75, 3.05) is 72.4 Å². The van der Waals surface area contributed by atoms with Gasteiger partial charge in [-0.25, -0.2) is 0 Å². The lowest BCUT2D eigenvalue weighted by Crippen LogP contribution is -2.55. The monoisotopic (exact) mass is 413 g/mol. The first kappa shape index (κ1) is 19.7. The number of benzene rings is 1. The molecule has 2 fully saturated rings. The van der Waals surface area contributed by atoms with Crippen molar-refractivity contribution in [3.05, 3.63) is 18.2 Å². The molecule has 3 aliphatic heterocycles. The SMILES string of the molecule is O=S(=O)(N1CCOCC1)N1CCN(CCCOc2ccc3c(c2)OCO3)CC1. The predicted octanol–water partition coefficient (Wildman–Crippen LogP) is 0.379. The van der Waals surface area contributed by atoms with Crippen LogP contribution in [0.2, 0.25) is 0 Å². The van der Waals surface area contributed by atoms with Crippen LogP contribution in [0.3, 0.4) is 0 Å². The molecular formula is C18H27N3O6S. The summed E-state index contributed by atoms with van der Waals surface area (Å²) in [5, 5.41) is 0. The highest BCUT2D eigenvalue weighted by Gasteiger charge is 2.33. The first-order valence-corrected chi connectivity index (χ1v) is 11.1. The molecular weight excluding hydrogens is 386 g/mol. The number of hydrogen-bond donors (Lipinski definition) is 0. The first-order valence-electron chi connectivity index (χ1n) is 9.71. The second kappa shape index (κ2) is 8.83. The highest BCUT2D eigenvalue weighted by molar-refractivity contribution is 7.86. The highest BCUT2D eigenvalue weighted by atomic mass is 32.2. The van der Waals surface area contributed by atoms with Crippen molar-refractivity contribution in [3.8, 4) is 17.2 Å². The van der Waals surface area contributed by atoms with Gasteiger partial charge in [0.25, 0.3) is 10.2 Å². The lowest BCUT2D eigenvalue weighted by atomic mass is 10.3. The predicted molar refractivity (Wildman–Crippen MR) is 102 cm³/mol. The molecule has 0 bridgehead atoms. The van der Waals surface area contributed by atoms with Gasteiger partial charge in [0.1, 0.15) is 5.75 Å². The summed E-state index contributed by atoms with van der Waals surface area (Å²) in [6, 6.07) is 5.58. The summed E-state index contributed by atoms with van der Waals surface area (Å²) < 4.78 is 50.2. The summed E-state index contributed by atoms with van der Waals surface area (Å²) in [6.07, 6.45) is 0.880. The third-order valence-corrected chi connectivity index (χ3v) is 7.22. The van der Waals surface area contributed by atoms with Gasteiger partial charge in [0.15, 0.2) is 11.5 Å². The molecule has 9 nitrogen and oxygen atoms in total. The average molecular weight is 413 g/mol. The van der Waals surface area contributed by atoms with Crippen molar-refractivity contribution in [1.82, 2.24) is 13.5 Å². The quantitative estimate of drug-likeness (QED) is 0.598. The fraction of sp³-hybridized carbons (Fsp3) is 0.667. The minimum absolute atomic E-state index is 0.256. The molecule has 0 amide bonds. The largest absolute Gasteiger partial charge is 0.493 e. The van der Waals surface area contributed by atoms with E-state index >= 15 is 0 Å². The van der Waals surface area contributed by atoms with Crippen LogP contribution in [0.1, 0.15) is 6.42 Å². The van der Waals surface area contributed by atoms with Crippen LogP contribution in [0.5, 0.6) is 17.2 Å². The van der Waals surface area contributed by atoms with E-state index in [1.54, 1.807) is 4.31 Å². The number of piperazine rings is 1. The molecule has 4 rings (SSSR count). The van der Waals surface area contributed by atoms with Crippen LogP contribution in [0, 0.1) is 0 Å². The average Bonchev–Trinajstić information content (AvgIpc) is 3.20. The van der Waals surface area contributed by atoms with Crippen molar-refractivity contribution in [2.45, 2.75) is 6.42 Å². The molecule has 0 aromatic heterocycles. The van der Waals surface area contributed by atoms with Crippen LogP contribution in [0.4, 0.5) is 0 Å². The van der Waals surface area contributed by atoms with E-state index in [2.05, 4.69) is 4.90 Å². The zero-order chi connectivity index (χ0) is 19.4. The second-order valence-electron chi connectivity index (χ2n) is 6.98. The molecule has 156 valence electrons. The summed E-state index contributed by atoms with van der Waals surface area (Å²) in [4.78, 5) is 2.29. The van der Waals surface area contributed by atoms with Gasteiger partial charge in [-0.15, -0.1) is 0 Å². The number of morpholine rings is 1. The highest BCUT2D eigenvalue weighted by Crippen LogP contribution is 2.35. The number of ether oxygens (including phenoxy) is 4. The smallest absolute Gasteiger partial charge is 0.282 e. The maximum atomic E-state index is 12.7. The molecule has 10 heteroatoms. The summed E-state index contributed by atoms with van der Waals surface area (Å²) in [7, 11) is -3.36. The van der Waals surface area contributed by atoms with Gasteiger partial charge in [-0.2, -0.15) is 17.0 Å². The molecule has 0 saturated carbocycles. The molecule has 1 aromatic rings. The fourth-order valence-electron chi connectivity index (χ4n) is 3.57. The zero-order valence-electron chi connectivity index (χ0n) is 15.9. The zero-order valence-corrected chi connectivity index (χ0v) is 16.7. The Balaban J connectivity index is 1.17. The number of rotatable bonds is 7. The maximum Gasteiger partial charge on any atom is 0.282 e. The van der Waals surface area contributed by atoms with Crippen LogP contribution in [-0.4, -0.2) is 94.4 Å². The van der Waals surface area contributed by atoms with Gasteiger partial charge in [0, 0.05) is 51.9 Å².